The Morgan fingerprint density at radius 3 is 2.15 bits per heavy atom. The highest BCUT2D eigenvalue weighted by molar-refractivity contribution is 7.69. The second-order valence-electron chi connectivity index (χ2n) is 10.2. The fourth-order valence-corrected chi connectivity index (χ4v) is 9.56. The van der Waals surface area contributed by atoms with Crippen LogP contribution in [0.4, 0.5) is 4.79 Å². The van der Waals surface area contributed by atoms with Crippen molar-refractivity contribution in [1.29, 1.82) is 0 Å². The quantitative estimate of drug-likeness (QED) is 0.145. The number of nitrogens with zero attached hydrogens (tertiary/aromatic N) is 1. The van der Waals surface area contributed by atoms with Crippen molar-refractivity contribution in [3.05, 3.63) is 71.6 Å². The largest absolute Gasteiger partial charge is 0.490 e. The van der Waals surface area contributed by atoms with Gasteiger partial charge < -0.3 is 39.3 Å². The molecule has 20 nitrogen and oxygen atoms in total. The van der Waals surface area contributed by atoms with Gasteiger partial charge in [0.1, 0.15) is 18.3 Å². The highest BCUT2D eigenvalue weighted by atomic mass is 31.3. The molecule has 0 aliphatic carbocycles. The van der Waals surface area contributed by atoms with Crippen LogP contribution in [0.15, 0.2) is 66.1 Å². The standard InChI is InChI=1S/C23H28N2O18P4/c1-13-8-17-10-25(23(28)24-21(17)39-13)22-20(27)19(26)18(40-22)12-38-45(31,32)42-47(35,36)43-46(33,34)41-44(29,30)37-11-14-6-7-15-4-2-3-5-16(15)9-14/h2-10,18-22,26-27H,11-12H2,1H3,(H,24,28)(H,29,30)(H,31,32)(H,33,34)(H,35,36)/t18-,19+,20?,21?,22-/m1/s1. The van der Waals surface area contributed by atoms with Gasteiger partial charge in [-0.2, -0.15) is 12.9 Å². The van der Waals surface area contributed by atoms with E-state index in [9.17, 15) is 52.8 Å². The van der Waals surface area contributed by atoms with Gasteiger partial charge in [0, 0.05) is 11.8 Å². The maximum absolute atomic E-state index is 12.5. The van der Waals surface area contributed by atoms with Gasteiger partial charge in [0.25, 0.3) is 0 Å². The molecule has 9 atom stereocenters. The fourth-order valence-electron chi connectivity index (χ4n) is 4.63. The van der Waals surface area contributed by atoms with Gasteiger partial charge in [-0.1, -0.05) is 36.4 Å². The lowest BCUT2D eigenvalue weighted by Crippen LogP contribution is -2.54. The molecule has 2 amide bonds. The molecule has 2 aromatic carbocycles. The second kappa shape index (κ2) is 13.5. The van der Waals surface area contributed by atoms with E-state index in [1.165, 1.54) is 12.3 Å². The molecule has 1 saturated heterocycles. The first-order chi connectivity index (χ1) is 21.8. The zero-order chi connectivity index (χ0) is 34.4. The Hall–Kier alpha value is -2.31. The number of hydrogen-bond donors (Lipinski definition) is 7. The third kappa shape index (κ3) is 9.03. The number of carbonyl (C=O) groups is 1. The number of carbonyl (C=O) groups excluding carboxylic acids is 1. The predicted molar refractivity (Wildman–Crippen MR) is 155 cm³/mol. The van der Waals surface area contributed by atoms with Crippen LogP contribution >= 0.6 is 31.3 Å². The Labute approximate surface area is 265 Å². The van der Waals surface area contributed by atoms with Gasteiger partial charge in [-0.25, -0.2) is 23.1 Å². The number of aliphatic hydroxyl groups excluding tert-OH is 2. The van der Waals surface area contributed by atoms with Gasteiger partial charge in [-0.05, 0) is 35.4 Å². The van der Waals surface area contributed by atoms with E-state index in [1.54, 1.807) is 43.3 Å². The Bertz CT molecular complexity index is 1800. The summed E-state index contributed by atoms with van der Waals surface area (Å²) < 4.78 is 80.7. The minimum atomic E-state index is -6.08. The summed E-state index contributed by atoms with van der Waals surface area (Å²) in [6.07, 6.45) is -4.62. The number of phosphoric acid groups is 4. The molecule has 1 fully saturated rings. The average molecular weight is 744 g/mol. The monoisotopic (exact) mass is 744 g/mol. The van der Waals surface area contributed by atoms with Crippen LogP contribution in [0.25, 0.3) is 10.8 Å². The Morgan fingerprint density at radius 1 is 0.851 bits per heavy atom. The summed E-state index contributed by atoms with van der Waals surface area (Å²) >= 11 is 0. The molecule has 0 saturated carbocycles. The molecule has 0 aromatic heterocycles. The van der Waals surface area contributed by atoms with E-state index in [4.69, 9.17) is 9.47 Å². The van der Waals surface area contributed by atoms with E-state index in [0.29, 0.717) is 16.9 Å². The highest BCUT2D eigenvalue weighted by Crippen LogP contribution is 2.71. The summed E-state index contributed by atoms with van der Waals surface area (Å²) in [4.78, 5) is 52.7. The third-order valence-corrected chi connectivity index (χ3v) is 12.5. The first kappa shape index (κ1) is 36.0. The minimum absolute atomic E-state index is 0.348. The predicted octanol–water partition coefficient (Wildman–Crippen LogP) is 2.44. The van der Waals surface area contributed by atoms with Crippen LogP contribution in [-0.2, 0) is 56.3 Å². The summed E-state index contributed by atoms with van der Waals surface area (Å²) in [5.41, 5.74) is 0.832. The van der Waals surface area contributed by atoms with Gasteiger partial charge in [-0.15, -0.1) is 0 Å². The van der Waals surface area contributed by atoms with Crippen LogP contribution < -0.4 is 5.32 Å². The third-order valence-electron chi connectivity index (χ3n) is 6.59. The number of allylic oxidation sites excluding steroid dienone is 1. The molecule has 5 rings (SSSR count). The summed E-state index contributed by atoms with van der Waals surface area (Å²) in [7, 11) is -23.2. The van der Waals surface area contributed by atoms with Crippen molar-refractivity contribution < 1.29 is 84.3 Å². The van der Waals surface area contributed by atoms with Crippen molar-refractivity contribution in [1.82, 2.24) is 10.2 Å². The summed E-state index contributed by atoms with van der Waals surface area (Å²) in [6, 6.07) is 11.1. The number of rotatable bonds is 13. The smallest absolute Gasteiger partial charge is 0.471 e. The number of phosphoric ester groups is 2. The number of urea groups is 1. The van der Waals surface area contributed by atoms with Crippen molar-refractivity contribution in [3.8, 4) is 0 Å². The maximum Gasteiger partial charge on any atom is 0.490 e. The molecule has 6 unspecified atom stereocenters. The fraction of sp³-hybridized carbons (Fsp3) is 0.348. The summed E-state index contributed by atoms with van der Waals surface area (Å²) in [5.74, 6) is 0.492. The SMILES string of the molecule is CC1=CC2=CN([C@@H]3O[C@H](COP(=O)(O)OP(=O)(O)OP(=O)(O)OP(=O)(O)OCc4ccc5ccccc5c4)[C@H](O)C3O)C(=O)NC2O1. The average Bonchev–Trinajstić information content (AvgIpc) is 3.45. The molecular weight excluding hydrogens is 716 g/mol. The first-order valence-corrected chi connectivity index (χ1v) is 19.2. The summed E-state index contributed by atoms with van der Waals surface area (Å²) in [5, 5.41) is 24.9. The van der Waals surface area contributed by atoms with Crippen LogP contribution in [-0.4, -0.2) is 78.1 Å². The van der Waals surface area contributed by atoms with Crippen LogP contribution in [0.5, 0.6) is 0 Å². The second-order valence-corrected chi connectivity index (χ2v) is 16.4. The number of aliphatic hydroxyl groups is 2. The minimum Gasteiger partial charge on any atom is -0.471 e. The molecule has 2 aromatic rings. The van der Waals surface area contributed by atoms with Gasteiger partial charge in [-0.3, -0.25) is 19.3 Å². The van der Waals surface area contributed by atoms with Gasteiger partial charge >= 0.3 is 37.3 Å². The van der Waals surface area contributed by atoms with E-state index in [-0.39, 0.29) is 0 Å². The molecule has 3 aliphatic heterocycles. The molecular formula is C23H28N2O18P4. The topological polar surface area (TPSA) is 287 Å². The Morgan fingerprint density at radius 2 is 1.47 bits per heavy atom. The maximum atomic E-state index is 12.5. The number of nitrogens with one attached hydrogen (secondary N) is 1. The van der Waals surface area contributed by atoms with E-state index >= 15 is 0 Å². The molecule has 0 radical (unpaired) electrons. The van der Waals surface area contributed by atoms with Crippen LogP contribution in [0.2, 0.25) is 0 Å². The molecule has 7 N–H and O–H groups in total. The lowest BCUT2D eigenvalue weighted by Gasteiger charge is -2.33. The lowest BCUT2D eigenvalue weighted by molar-refractivity contribution is -0.0675. The number of benzene rings is 2. The van der Waals surface area contributed by atoms with Gasteiger partial charge in [0.15, 0.2) is 6.23 Å². The molecule has 3 aliphatic rings. The highest BCUT2D eigenvalue weighted by Gasteiger charge is 2.50. The molecule has 0 spiro atoms. The zero-order valence-electron chi connectivity index (χ0n) is 23.8. The van der Waals surface area contributed by atoms with Crippen molar-refractivity contribution in [2.24, 2.45) is 0 Å². The molecule has 47 heavy (non-hydrogen) atoms. The van der Waals surface area contributed by atoms with E-state index < -0.39 is 81.3 Å². The van der Waals surface area contributed by atoms with E-state index in [2.05, 4.69) is 27.3 Å². The van der Waals surface area contributed by atoms with E-state index in [0.717, 1.165) is 15.7 Å². The Balaban J connectivity index is 1.14. The lowest BCUT2D eigenvalue weighted by atomic mass is 10.1. The van der Waals surface area contributed by atoms with Gasteiger partial charge in [0.2, 0.25) is 6.23 Å². The number of hydrogen-bond acceptors (Lipinski definition) is 14. The number of amides is 2. The molecule has 0 bridgehead atoms. The van der Waals surface area contributed by atoms with Crippen LogP contribution in [0.1, 0.15) is 12.5 Å². The summed E-state index contributed by atoms with van der Waals surface area (Å²) in [6.45, 7) is -0.0672. The molecule has 258 valence electrons. The number of ether oxygens (including phenoxy) is 2. The van der Waals surface area contributed by atoms with Crippen molar-refractivity contribution in [2.45, 2.75) is 44.3 Å². The zero-order valence-corrected chi connectivity index (χ0v) is 27.4. The van der Waals surface area contributed by atoms with Crippen LogP contribution in [0, 0.1) is 0 Å². The Kier molecular flexibility index (Phi) is 10.4. The van der Waals surface area contributed by atoms with Gasteiger partial charge in [0.05, 0.1) is 19.0 Å². The normalized spacial score (nSPS) is 29.4. The van der Waals surface area contributed by atoms with Crippen molar-refractivity contribution in [3.63, 3.8) is 0 Å². The number of fused-ring (bicyclic) bond motifs is 2. The molecule has 3 heterocycles. The van der Waals surface area contributed by atoms with Crippen LogP contribution in [0.3, 0.4) is 0 Å². The first-order valence-electron chi connectivity index (χ1n) is 13.2. The molecule has 24 heteroatoms. The van der Waals surface area contributed by atoms with Crippen molar-refractivity contribution >= 4 is 48.1 Å². The van der Waals surface area contributed by atoms with E-state index in [1.807, 2.05) is 6.07 Å². The van der Waals surface area contributed by atoms with Crippen molar-refractivity contribution in [2.75, 3.05) is 6.61 Å².